The van der Waals surface area contributed by atoms with Crippen molar-refractivity contribution < 1.29 is 19.1 Å². The molecular formula is C27H23ClN2O4S2. The van der Waals surface area contributed by atoms with Gasteiger partial charge in [-0.1, -0.05) is 71.9 Å². The molecule has 184 valence electrons. The van der Waals surface area contributed by atoms with E-state index < -0.39 is 0 Å². The lowest BCUT2D eigenvalue weighted by molar-refractivity contribution is -0.132. The van der Waals surface area contributed by atoms with Crippen LogP contribution in [0.25, 0.3) is 6.08 Å². The molecule has 1 heterocycles. The van der Waals surface area contributed by atoms with Gasteiger partial charge in [-0.25, -0.2) is 0 Å². The normalized spacial score (nSPS) is 14.3. The van der Waals surface area contributed by atoms with Crippen LogP contribution in [0.3, 0.4) is 0 Å². The Labute approximate surface area is 224 Å². The van der Waals surface area contributed by atoms with Gasteiger partial charge in [0.25, 0.3) is 5.91 Å². The van der Waals surface area contributed by atoms with E-state index in [1.807, 2.05) is 67.6 Å². The second-order valence-electron chi connectivity index (χ2n) is 7.77. The van der Waals surface area contributed by atoms with Crippen LogP contribution in [0.2, 0.25) is 5.02 Å². The van der Waals surface area contributed by atoms with Gasteiger partial charge in [0.05, 0.1) is 17.9 Å². The molecule has 0 aromatic heterocycles. The van der Waals surface area contributed by atoms with Gasteiger partial charge < -0.3 is 9.47 Å². The molecule has 0 saturated carbocycles. The van der Waals surface area contributed by atoms with E-state index in [-0.39, 0.29) is 22.6 Å². The summed E-state index contributed by atoms with van der Waals surface area (Å²) in [6.07, 6.45) is 1.86. The molecule has 1 saturated heterocycles. The molecule has 9 heteroatoms. The number of amides is 2. The van der Waals surface area contributed by atoms with E-state index in [0.29, 0.717) is 34.6 Å². The second kappa shape index (κ2) is 12.1. The zero-order valence-corrected chi connectivity index (χ0v) is 21.8. The number of halogens is 1. The Morgan fingerprint density at radius 1 is 1.03 bits per heavy atom. The van der Waals surface area contributed by atoms with Crippen molar-refractivity contribution in [2.45, 2.75) is 20.0 Å². The number of hydrogen-bond acceptors (Lipinski definition) is 6. The third-order valence-electron chi connectivity index (χ3n) is 5.11. The van der Waals surface area contributed by atoms with Crippen LogP contribution < -0.4 is 14.9 Å². The van der Waals surface area contributed by atoms with Gasteiger partial charge in [-0.2, -0.15) is 5.01 Å². The summed E-state index contributed by atoms with van der Waals surface area (Å²) in [5.74, 6) is 0.448. The zero-order chi connectivity index (χ0) is 25.5. The third-order valence-corrected chi connectivity index (χ3v) is 6.66. The molecule has 2 amide bonds. The molecule has 3 aromatic rings. The van der Waals surface area contributed by atoms with Gasteiger partial charge in [-0.3, -0.25) is 15.0 Å². The lowest BCUT2D eigenvalue weighted by atomic mass is 10.1. The molecular weight excluding hydrogens is 516 g/mol. The van der Waals surface area contributed by atoms with Crippen LogP contribution in [0, 0.1) is 0 Å². The number of thiocarbonyl (C=S) groups is 1. The first kappa shape index (κ1) is 25.8. The van der Waals surface area contributed by atoms with Crippen molar-refractivity contribution in [3.8, 4) is 11.5 Å². The van der Waals surface area contributed by atoms with Crippen molar-refractivity contribution in [3.05, 3.63) is 99.4 Å². The topological polar surface area (TPSA) is 67.9 Å². The molecule has 0 spiro atoms. The number of hydrogen-bond donors (Lipinski definition) is 1. The van der Waals surface area contributed by atoms with Crippen LogP contribution >= 0.6 is 35.6 Å². The highest BCUT2D eigenvalue weighted by atomic mass is 35.5. The molecule has 1 aliphatic rings. The highest BCUT2D eigenvalue weighted by Gasteiger charge is 2.33. The minimum Gasteiger partial charge on any atom is -0.490 e. The van der Waals surface area contributed by atoms with Gasteiger partial charge in [0.1, 0.15) is 6.61 Å². The van der Waals surface area contributed by atoms with Crippen LogP contribution in [0.5, 0.6) is 11.5 Å². The Bertz CT molecular complexity index is 1300. The number of carbonyl (C=O) groups is 2. The number of benzene rings is 3. The van der Waals surface area contributed by atoms with Crippen LogP contribution in [0.4, 0.5) is 0 Å². The van der Waals surface area contributed by atoms with Crippen molar-refractivity contribution in [2.24, 2.45) is 0 Å². The van der Waals surface area contributed by atoms with Gasteiger partial charge in [0.15, 0.2) is 15.8 Å². The first-order valence-corrected chi connectivity index (χ1v) is 12.8. The first-order valence-electron chi connectivity index (χ1n) is 11.2. The Balaban J connectivity index is 1.44. The summed E-state index contributed by atoms with van der Waals surface area (Å²) in [6.45, 7) is 2.70. The SMILES string of the molecule is CCOc1cc(/C=C2\SC(=S)N(NC(=O)Cc3ccccc3)C2=O)ccc1OCc1ccc(Cl)cc1. The number of rotatable bonds is 9. The van der Waals surface area contributed by atoms with Crippen molar-refractivity contribution in [1.82, 2.24) is 10.4 Å². The number of carbonyl (C=O) groups excluding carboxylic acids is 2. The molecule has 3 aromatic carbocycles. The van der Waals surface area contributed by atoms with Gasteiger partial charge in [-0.05, 0) is 66.2 Å². The summed E-state index contributed by atoms with van der Waals surface area (Å²) < 4.78 is 12.0. The van der Waals surface area contributed by atoms with E-state index in [9.17, 15) is 9.59 Å². The first-order chi connectivity index (χ1) is 17.4. The maximum absolute atomic E-state index is 12.9. The lowest BCUT2D eigenvalue weighted by Gasteiger charge is -2.15. The highest BCUT2D eigenvalue weighted by molar-refractivity contribution is 8.26. The number of nitrogens with one attached hydrogen (secondary N) is 1. The fourth-order valence-corrected chi connectivity index (χ4v) is 4.71. The number of hydrazine groups is 1. The average Bonchev–Trinajstić information content (AvgIpc) is 3.12. The standard InChI is InChI=1S/C27H23ClN2O4S2/c1-2-33-23-14-20(10-13-22(23)34-17-19-8-11-21(28)12-9-19)15-24-26(32)30(27(35)36-24)29-25(31)16-18-6-4-3-5-7-18/h3-15H,2,16-17H2,1H3,(H,29,31)/b24-15-. The smallest absolute Gasteiger partial charge is 0.285 e. The quantitative estimate of drug-likeness (QED) is 0.274. The number of ether oxygens (including phenoxy) is 2. The molecule has 1 aliphatic heterocycles. The highest BCUT2D eigenvalue weighted by Crippen LogP contribution is 2.34. The molecule has 0 radical (unpaired) electrons. The molecule has 0 bridgehead atoms. The molecule has 0 unspecified atom stereocenters. The molecule has 4 rings (SSSR count). The fourth-order valence-electron chi connectivity index (χ4n) is 3.40. The molecule has 0 atom stereocenters. The van der Waals surface area contributed by atoms with E-state index in [4.69, 9.17) is 33.3 Å². The Hall–Kier alpha value is -3.33. The summed E-state index contributed by atoms with van der Waals surface area (Å²) >= 11 is 12.4. The molecule has 0 aliphatic carbocycles. The molecule has 1 N–H and O–H groups in total. The number of nitrogens with zero attached hydrogens (tertiary/aromatic N) is 1. The van der Waals surface area contributed by atoms with E-state index in [2.05, 4.69) is 5.43 Å². The summed E-state index contributed by atoms with van der Waals surface area (Å²) in [6, 6.07) is 22.2. The maximum Gasteiger partial charge on any atom is 0.285 e. The van der Waals surface area contributed by atoms with Crippen LogP contribution in [-0.4, -0.2) is 27.8 Å². The van der Waals surface area contributed by atoms with Gasteiger partial charge in [-0.15, -0.1) is 0 Å². The van der Waals surface area contributed by atoms with Crippen LogP contribution in [0.15, 0.2) is 77.7 Å². The van der Waals surface area contributed by atoms with E-state index >= 15 is 0 Å². The number of thioether (sulfide) groups is 1. The summed E-state index contributed by atoms with van der Waals surface area (Å²) in [4.78, 5) is 25.8. The average molecular weight is 539 g/mol. The van der Waals surface area contributed by atoms with E-state index in [1.165, 1.54) is 0 Å². The van der Waals surface area contributed by atoms with Crippen molar-refractivity contribution in [3.63, 3.8) is 0 Å². The Morgan fingerprint density at radius 3 is 2.50 bits per heavy atom. The summed E-state index contributed by atoms with van der Waals surface area (Å²) in [7, 11) is 0. The molecule has 36 heavy (non-hydrogen) atoms. The monoisotopic (exact) mass is 538 g/mol. The van der Waals surface area contributed by atoms with Gasteiger partial charge >= 0.3 is 0 Å². The molecule has 6 nitrogen and oxygen atoms in total. The summed E-state index contributed by atoms with van der Waals surface area (Å²) in [5.41, 5.74) is 5.17. The van der Waals surface area contributed by atoms with Crippen molar-refractivity contribution in [1.29, 1.82) is 0 Å². The van der Waals surface area contributed by atoms with Crippen LogP contribution in [0.1, 0.15) is 23.6 Å². The predicted octanol–water partition coefficient (Wildman–Crippen LogP) is 5.79. The predicted molar refractivity (Wildman–Crippen MR) is 147 cm³/mol. The third kappa shape index (κ3) is 6.66. The largest absolute Gasteiger partial charge is 0.490 e. The Kier molecular flexibility index (Phi) is 8.64. The second-order valence-corrected chi connectivity index (χ2v) is 9.88. The van der Waals surface area contributed by atoms with Gasteiger partial charge in [0, 0.05) is 5.02 Å². The lowest BCUT2D eigenvalue weighted by Crippen LogP contribution is -2.45. The fraction of sp³-hybridized carbons (Fsp3) is 0.148. The Morgan fingerprint density at radius 2 is 1.78 bits per heavy atom. The summed E-state index contributed by atoms with van der Waals surface area (Å²) in [5, 5.41) is 1.78. The van der Waals surface area contributed by atoms with Gasteiger partial charge in [0.2, 0.25) is 5.91 Å². The van der Waals surface area contributed by atoms with Crippen molar-refractivity contribution >= 4 is 57.8 Å². The van der Waals surface area contributed by atoms with E-state index in [0.717, 1.165) is 33.5 Å². The maximum atomic E-state index is 12.9. The van der Waals surface area contributed by atoms with Crippen LogP contribution in [-0.2, 0) is 22.6 Å². The zero-order valence-electron chi connectivity index (χ0n) is 19.4. The van der Waals surface area contributed by atoms with E-state index in [1.54, 1.807) is 18.2 Å². The minimum absolute atomic E-state index is 0.145. The molecule has 1 fully saturated rings. The minimum atomic E-state index is -0.382. The van der Waals surface area contributed by atoms with Crippen molar-refractivity contribution in [2.75, 3.05) is 6.61 Å².